The van der Waals surface area contributed by atoms with Crippen molar-refractivity contribution in [2.75, 3.05) is 89.0 Å². The molecule has 17 nitrogen and oxygen atoms in total. The Hall–Kier alpha value is -6.06. The molecule has 4 amide bonds. The Balaban J connectivity index is 0.746. The van der Waals surface area contributed by atoms with Crippen LogP contribution in [0.4, 0.5) is 24.5 Å². The Bertz CT molecular complexity index is 2690. The summed E-state index contributed by atoms with van der Waals surface area (Å²) in [5, 5.41) is 15.0. The zero-order chi connectivity index (χ0) is 56.5. The second-order valence-corrected chi connectivity index (χ2v) is 21.5. The van der Waals surface area contributed by atoms with Gasteiger partial charge in [-0.1, -0.05) is 45.0 Å². The van der Waals surface area contributed by atoms with Crippen LogP contribution in [0.5, 0.6) is 5.75 Å². The first-order valence-corrected chi connectivity index (χ1v) is 27.3. The van der Waals surface area contributed by atoms with Crippen molar-refractivity contribution in [1.29, 1.82) is 5.26 Å². The summed E-state index contributed by atoms with van der Waals surface area (Å²) in [5.41, 5.74) is 1.75. The number of hydrogen-bond acceptors (Lipinski definition) is 14. The first kappa shape index (κ1) is 61.2. The normalized spacial score (nSPS) is 15.9. The van der Waals surface area contributed by atoms with E-state index < -0.39 is 52.2 Å². The van der Waals surface area contributed by atoms with Crippen LogP contribution in [-0.2, 0) is 55.6 Å². The Morgan fingerprint density at radius 1 is 0.846 bits per heavy atom. The van der Waals surface area contributed by atoms with Crippen LogP contribution >= 0.6 is 23.6 Å². The van der Waals surface area contributed by atoms with Crippen molar-refractivity contribution in [3.63, 3.8) is 0 Å². The molecule has 2 saturated heterocycles. The number of rotatable bonds is 29. The maximum absolute atomic E-state index is 13.9. The van der Waals surface area contributed by atoms with Gasteiger partial charge in [0.15, 0.2) is 5.11 Å². The van der Waals surface area contributed by atoms with Crippen molar-refractivity contribution < 1.29 is 60.8 Å². The number of hydrogen-bond donors (Lipinski definition) is 2. The zero-order valence-electron chi connectivity index (χ0n) is 45.1. The number of alkyl halides is 3. The van der Waals surface area contributed by atoms with Gasteiger partial charge in [-0.25, -0.2) is 4.98 Å². The molecule has 3 aromatic carbocycles. The van der Waals surface area contributed by atoms with Crippen LogP contribution in [0.25, 0.3) is 10.4 Å². The molecule has 422 valence electrons. The van der Waals surface area contributed by atoms with E-state index in [1.165, 1.54) is 6.07 Å². The molecule has 2 aliphatic rings. The number of anilines is 2. The number of thiocarbonyl (C=S) groups is 1. The van der Waals surface area contributed by atoms with Crippen molar-refractivity contribution in [3.8, 4) is 22.3 Å². The molecule has 0 aliphatic carbocycles. The van der Waals surface area contributed by atoms with Crippen LogP contribution in [0.15, 0.2) is 72.2 Å². The zero-order valence-corrected chi connectivity index (χ0v) is 46.7. The third kappa shape index (κ3) is 16.7. The van der Waals surface area contributed by atoms with Gasteiger partial charge in [0.1, 0.15) is 36.6 Å². The molecule has 1 unspecified atom stereocenters. The number of benzene rings is 3. The standard InChI is InChI=1S/C56H70F3N7O10S2/c1-38-48(78-37-62-38)40-14-12-39(13-15-40)35-61-50(68)46-11-10-22-64(46)51(69)49(54(2,3)4)63-47(67)36-75-30-29-73-27-25-71-23-8-7-9-24-72-26-28-74-31-32-76-44-20-18-42(19-21-44)66-53(77)65(52(70)55(66,5)6)43-17-16-41(34-60)45(33-43)56(57,58)59/h12-21,33,37,46,49H,7-11,22-32,35-36H2,1-6H3,(H,61,68)(H,63,67)/t46-,49?/m0/s1. The fraction of sp³-hybridized carbons (Fsp3) is 0.518. The highest BCUT2D eigenvalue weighted by Crippen LogP contribution is 2.40. The average Bonchev–Trinajstić information content (AvgIpc) is 4.13. The summed E-state index contributed by atoms with van der Waals surface area (Å²) in [4.78, 5) is 63.4. The second-order valence-electron chi connectivity index (χ2n) is 20.3. The molecule has 1 aromatic heterocycles. The van der Waals surface area contributed by atoms with Gasteiger partial charge in [0, 0.05) is 32.0 Å². The first-order chi connectivity index (χ1) is 37.2. The number of nitrogens with one attached hydrogen (secondary N) is 2. The number of amides is 4. The van der Waals surface area contributed by atoms with E-state index in [2.05, 4.69) is 15.6 Å². The van der Waals surface area contributed by atoms with Crippen molar-refractivity contribution in [2.24, 2.45) is 5.41 Å². The van der Waals surface area contributed by atoms with Gasteiger partial charge in [-0.15, -0.1) is 11.3 Å². The first-order valence-electron chi connectivity index (χ1n) is 26.0. The molecule has 2 fully saturated rings. The third-order valence-electron chi connectivity index (χ3n) is 13.1. The SMILES string of the molecule is Cc1ncsc1-c1ccc(CNC(=O)[C@@H]2CCCN2C(=O)C(NC(=O)COCCOCCOCCCCCOCCOCCOc2ccc(N3C(=S)N(c4ccc(C#N)c(C(F)(F)F)c4)C(=O)C3(C)C)cc2)C(C)(C)C)cc1. The predicted molar refractivity (Wildman–Crippen MR) is 293 cm³/mol. The third-order valence-corrected chi connectivity index (χ3v) is 14.4. The number of thiazole rings is 1. The molecule has 78 heavy (non-hydrogen) atoms. The lowest BCUT2D eigenvalue weighted by Gasteiger charge is -2.35. The van der Waals surface area contributed by atoms with Gasteiger partial charge in [-0.05, 0) is 124 Å². The van der Waals surface area contributed by atoms with Crippen molar-refractivity contribution in [1.82, 2.24) is 20.5 Å². The molecule has 2 aliphatic heterocycles. The van der Waals surface area contributed by atoms with Gasteiger partial charge in [0.05, 0.1) is 85.2 Å². The van der Waals surface area contributed by atoms with E-state index in [-0.39, 0.29) is 49.0 Å². The highest BCUT2D eigenvalue weighted by Gasteiger charge is 2.51. The lowest BCUT2D eigenvalue weighted by Crippen LogP contribution is -2.58. The number of carbonyl (C=O) groups excluding carboxylic acids is 4. The Morgan fingerprint density at radius 2 is 1.45 bits per heavy atom. The number of unbranched alkanes of at least 4 members (excludes halogenated alkanes) is 2. The fourth-order valence-corrected chi connectivity index (χ4v) is 10.2. The number of aryl methyl sites for hydroxylation is 1. The molecule has 2 N–H and O–H groups in total. The van der Waals surface area contributed by atoms with Crippen molar-refractivity contribution in [3.05, 3.63) is 94.6 Å². The smallest absolute Gasteiger partial charge is 0.417 e. The molecular formula is C56H70F3N7O10S2. The topological polar surface area (TPSA) is 194 Å². The van der Waals surface area contributed by atoms with Crippen molar-refractivity contribution >= 4 is 63.7 Å². The van der Waals surface area contributed by atoms with Gasteiger partial charge in [0.25, 0.3) is 5.91 Å². The van der Waals surface area contributed by atoms with E-state index in [1.54, 1.807) is 65.3 Å². The number of halogens is 3. The number of carbonyl (C=O) groups is 4. The summed E-state index contributed by atoms with van der Waals surface area (Å²) in [5.74, 6) is -0.913. The molecule has 3 heterocycles. The predicted octanol–water partition coefficient (Wildman–Crippen LogP) is 8.40. The maximum Gasteiger partial charge on any atom is 0.417 e. The lowest BCUT2D eigenvalue weighted by molar-refractivity contribution is -0.144. The van der Waals surface area contributed by atoms with E-state index in [9.17, 15) is 37.6 Å². The van der Waals surface area contributed by atoms with E-state index >= 15 is 0 Å². The highest BCUT2D eigenvalue weighted by atomic mass is 32.1. The minimum Gasteiger partial charge on any atom is -0.491 e. The van der Waals surface area contributed by atoms with Crippen LogP contribution < -0.4 is 25.2 Å². The Morgan fingerprint density at radius 3 is 2.04 bits per heavy atom. The monoisotopic (exact) mass is 1120 g/mol. The summed E-state index contributed by atoms with van der Waals surface area (Å²) >= 11 is 7.20. The van der Waals surface area contributed by atoms with Crippen LogP contribution in [0.3, 0.4) is 0 Å². The number of ether oxygens (including phenoxy) is 6. The number of likely N-dealkylation sites (tertiary alicyclic amines) is 1. The summed E-state index contributed by atoms with van der Waals surface area (Å²) in [6.45, 7) is 15.3. The highest BCUT2D eigenvalue weighted by molar-refractivity contribution is 7.81. The van der Waals surface area contributed by atoms with Crippen molar-refractivity contribution in [2.45, 2.75) is 104 Å². The van der Waals surface area contributed by atoms with Crippen LogP contribution in [0, 0.1) is 23.7 Å². The number of aromatic nitrogens is 1. The van der Waals surface area contributed by atoms with Gasteiger partial charge < -0.3 is 48.9 Å². The molecule has 0 spiro atoms. The van der Waals surface area contributed by atoms with Gasteiger partial charge in [0.2, 0.25) is 17.7 Å². The van der Waals surface area contributed by atoms with E-state index in [4.69, 9.17) is 40.6 Å². The average molecular weight is 1120 g/mol. The molecule has 0 bridgehead atoms. The summed E-state index contributed by atoms with van der Waals surface area (Å²) in [7, 11) is 0. The molecule has 22 heteroatoms. The van der Waals surface area contributed by atoms with E-state index in [0.717, 1.165) is 58.0 Å². The van der Waals surface area contributed by atoms with Crippen LogP contribution in [0.2, 0.25) is 0 Å². The maximum atomic E-state index is 13.9. The molecule has 2 atom stereocenters. The van der Waals surface area contributed by atoms with E-state index in [0.29, 0.717) is 83.6 Å². The largest absolute Gasteiger partial charge is 0.491 e. The second kappa shape index (κ2) is 28.7. The van der Waals surface area contributed by atoms with Gasteiger partial charge >= 0.3 is 6.18 Å². The van der Waals surface area contributed by atoms with E-state index in [1.807, 2.05) is 57.5 Å². The number of nitrogens with zero attached hydrogens (tertiary/aromatic N) is 5. The number of nitriles is 1. The molecule has 0 radical (unpaired) electrons. The van der Waals surface area contributed by atoms with Gasteiger partial charge in [-0.3, -0.25) is 24.1 Å². The fourth-order valence-electron chi connectivity index (χ4n) is 8.86. The Kier molecular flexibility index (Phi) is 22.5. The molecular weight excluding hydrogens is 1050 g/mol. The Labute approximate surface area is 463 Å². The van der Waals surface area contributed by atoms with Gasteiger partial charge in [-0.2, -0.15) is 18.4 Å². The molecule has 0 saturated carbocycles. The molecule has 6 rings (SSSR count). The lowest BCUT2D eigenvalue weighted by atomic mass is 9.85. The van der Waals surface area contributed by atoms with Crippen LogP contribution in [-0.4, -0.2) is 135 Å². The minimum absolute atomic E-state index is 0.000317. The minimum atomic E-state index is -4.79. The summed E-state index contributed by atoms with van der Waals surface area (Å²) in [6, 6.07) is 18.0. The van der Waals surface area contributed by atoms with Crippen LogP contribution in [0.1, 0.15) is 89.1 Å². The molecule has 4 aromatic rings. The quantitative estimate of drug-likeness (QED) is 0.0389. The summed E-state index contributed by atoms with van der Waals surface area (Å²) < 4.78 is 75.0. The summed E-state index contributed by atoms with van der Waals surface area (Å²) in [6.07, 6.45) is -0.891.